The molecule has 0 aromatic heterocycles. The molecule has 0 heterocycles. The van der Waals surface area contributed by atoms with Crippen LogP contribution in [0.1, 0.15) is 26.3 Å². The van der Waals surface area contributed by atoms with Crippen molar-refractivity contribution in [2.45, 2.75) is 27.7 Å². The lowest BCUT2D eigenvalue weighted by atomic mass is 10.1. The van der Waals surface area contributed by atoms with E-state index in [0.29, 0.717) is 12.3 Å². The van der Waals surface area contributed by atoms with E-state index in [4.69, 9.17) is 4.74 Å². The number of benzene rings is 1. The third-order valence-corrected chi connectivity index (χ3v) is 2.35. The lowest BCUT2D eigenvalue weighted by Crippen LogP contribution is -2.24. The Labute approximate surface area is 108 Å². The van der Waals surface area contributed by atoms with E-state index in [-0.39, 0.29) is 11.9 Å². The van der Waals surface area contributed by atoms with Crippen molar-refractivity contribution in [2.75, 3.05) is 12.0 Å². The van der Waals surface area contributed by atoms with Gasteiger partial charge in [0.25, 0.3) is 0 Å². The first kappa shape index (κ1) is 14.2. The molecule has 1 aromatic rings. The molecule has 0 amide bonds. The second-order valence-corrected chi connectivity index (χ2v) is 4.35. The lowest BCUT2D eigenvalue weighted by molar-refractivity contribution is -0.135. The molecule has 0 spiro atoms. The summed E-state index contributed by atoms with van der Waals surface area (Å²) in [6, 6.07) is 7.81. The number of ether oxygens (including phenoxy) is 1. The zero-order valence-electron chi connectivity index (χ0n) is 11.4. The third-order valence-electron chi connectivity index (χ3n) is 2.35. The zero-order valence-corrected chi connectivity index (χ0v) is 11.4. The number of carbonyl (C=O) groups is 1. The first-order valence-corrected chi connectivity index (χ1v) is 6.12. The molecule has 0 aliphatic carbocycles. The number of nitrogens with one attached hydrogen (secondary N) is 1. The number of nitrogens with zero attached hydrogens (tertiary/aromatic N) is 1. The highest BCUT2D eigenvalue weighted by Crippen LogP contribution is 2.10. The van der Waals surface area contributed by atoms with Gasteiger partial charge in [0.05, 0.1) is 12.3 Å². The summed E-state index contributed by atoms with van der Waals surface area (Å²) < 4.78 is 4.97. The first-order chi connectivity index (χ1) is 8.54. The van der Waals surface area contributed by atoms with Gasteiger partial charge in [-0.15, -0.1) is 0 Å². The topological polar surface area (TPSA) is 50.7 Å². The van der Waals surface area contributed by atoms with Crippen molar-refractivity contribution in [1.82, 2.24) is 0 Å². The van der Waals surface area contributed by atoms with Crippen LogP contribution in [0.4, 0.5) is 5.69 Å². The average Bonchev–Trinajstić information content (AvgIpc) is 2.29. The van der Waals surface area contributed by atoms with Gasteiger partial charge < -0.3 is 4.74 Å². The molecule has 1 N–H and O–H groups in total. The summed E-state index contributed by atoms with van der Waals surface area (Å²) in [6.45, 7) is 7.96. The van der Waals surface area contributed by atoms with Crippen molar-refractivity contribution in [1.29, 1.82) is 0 Å². The van der Waals surface area contributed by atoms with E-state index in [0.717, 1.165) is 11.3 Å². The van der Waals surface area contributed by atoms with Gasteiger partial charge in [-0.3, -0.25) is 5.43 Å². The van der Waals surface area contributed by atoms with Gasteiger partial charge in [0.15, 0.2) is 0 Å². The molecule has 4 heteroatoms. The number of hydrazone groups is 1. The number of anilines is 1. The van der Waals surface area contributed by atoms with Gasteiger partial charge in [-0.2, -0.15) is 5.10 Å². The van der Waals surface area contributed by atoms with Gasteiger partial charge in [0.2, 0.25) is 0 Å². The molecule has 98 valence electrons. The zero-order chi connectivity index (χ0) is 13.5. The quantitative estimate of drug-likeness (QED) is 0.495. The van der Waals surface area contributed by atoms with Gasteiger partial charge in [-0.25, -0.2) is 4.79 Å². The molecule has 0 bridgehead atoms. The molecule has 1 rings (SSSR count). The molecular weight excluding hydrogens is 228 g/mol. The highest BCUT2D eigenvalue weighted by atomic mass is 16.5. The lowest BCUT2D eigenvalue weighted by Gasteiger charge is -2.09. The molecular formula is C14H20N2O2. The van der Waals surface area contributed by atoms with Crippen LogP contribution in [0.25, 0.3) is 0 Å². The van der Waals surface area contributed by atoms with Crippen LogP contribution in [0.3, 0.4) is 0 Å². The fraction of sp³-hybridized carbons (Fsp3) is 0.429. The van der Waals surface area contributed by atoms with Crippen molar-refractivity contribution in [3.8, 4) is 0 Å². The molecule has 0 unspecified atom stereocenters. The van der Waals surface area contributed by atoms with Crippen molar-refractivity contribution in [2.24, 2.45) is 11.0 Å². The standard InChI is InChI=1S/C14H20N2O2/c1-5-18-14(17)13(10(2)3)16-15-12-8-6-7-11(4)9-12/h6-10,15H,5H2,1-4H3/b16-13-. The average molecular weight is 248 g/mol. The number of hydrogen-bond donors (Lipinski definition) is 1. The monoisotopic (exact) mass is 248 g/mol. The SMILES string of the molecule is CCOC(=O)/C(=N\Nc1cccc(C)c1)C(C)C. The summed E-state index contributed by atoms with van der Waals surface area (Å²) in [5.74, 6) is -0.353. The van der Waals surface area contributed by atoms with E-state index in [1.165, 1.54) is 0 Å². The van der Waals surface area contributed by atoms with Crippen molar-refractivity contribution < 1.29 is 9.53 Å². The third kappa shape index (κ3) is 4.20. The number of rotatable bonds is 5. The van der Waals surface area contributed by atoms with Crippen LogP contribution >= 0.6 is 0 Å². The molecule has 0 atom stereocenters. The molecule has 0 saturated carbocycles. The molecule has 0 fully saturated rings. The number of hydrogen-bond acceptors (Lipinski definition) is 4. The predicted molar refractivity (Wildman–Crippen MR) is 73.7 cm³/mol. The molecule has 0 saturated heterocycles. The van der Waals surface area contributed by atoms with Crippen LogP contribution in [0, 0.1) is 12.8 Å². The number of aryl methyl sites for hydroxylation is 1. The Morgan fingerprint density at radius 3 is 2.72 bits per heavy atom. The summed E-state index contributed by atoms with van der Waals surface area (Å²) in [7, 11) is 0. The predicted octanol–water partition coefficient (Wildman–Crippen LogP) is 2.98. The summed E-state index contributed by atoms with van der Waals surface area (Å²) in [5, 5.41) is 4.15. The molecule has 18 heavy (non-hydrogen) atoms. The van der Waals surface area contributed by atoms with E-state index >= 15 is 0 Å². The highest BCUT2D eigenvalue weighted by Gasteiger charge is 2.16. The Bertz CT molecular complexity index is 439. The van der Waals surface area contributed by atoms with Crippen LogP contribution in [0.5, 0.6) is 0 Å². The Balaban J connectivity index is 2.80. The first-order valence-electron chi connectivity index (χ1n) is 6.12. The second kappa shape index (κ2) is 6.79. The van der Waals surface area contributed by atoms with Gasteiger partial charge >= 0.3 is 5.97 Å². The van der Waals surface area contributed by atoms with Crippen molar-refractivity contribution >= 4 is 17.4 Å². The fourth-order valence-electron chi connectivity index (χ4n) is 1.45. The molecule has 1 aromatic carbocycles. The Hall–Kier alpha value is -1.84. The van der Waals surface area contributed by atoms with E-state index in [1.54, 1.807) is 6.92 Å². The number of esters is 1. The Morgan fingerprint density at radius 1 is 1.44 bits per heavy atom. The van der Waals surface area contributed by atoms with Gasteiger partial charge in [0.1, 0.15) is 5.71 Å². The van der Waals surface area contributed by atoms with Crippen LogP contribution in [-0.2, 0) is 9.53 Å². The summed E-state index contributed by atoms with van der Waals surface area (Å²) >= 11 is 0. The Morgan fingerprint density at radius 2 is 2.17 bits per heavy atom. The molecule has 0 aliphatic rings. The van der Waals surface area contributed by atoms with E-state index < -0.39 is 0 Å². The highest BCUT2D eigenvalue weighted by molar-refractivity contribution is 6.37. The van der Waals surface area contributed by atoms with Crippen molar-refractivity contribution in [3.05, 3.63) is 29.8 Å². The maximum Gasteiger partial charge on any atom is 0.354 e. The molecule has 4 nitrogen and oxygen atoms in total. The van der Waals surface area contributed by atoms with Crippen molar-refractivity contribution in [3.63, 3.8) is 0 Å². The largest absolute Gasteiger partial charge is 0.461 e. The molecule has 0 radical (unpaired) electrons. The summed E-state index contributed by atoms with van der Waals surface area (Å²) in [6.07, 6.45) is 0. The van der Waals surface area contributed by atoms with Crippen LogP contribution in [0.2, 0.25) is 0 Å². The van der Waals surface area contributed by atoms with E-state index in [2.05, 4.69) is 10.5 Å². The summed E-state index contributed by atoms with van der Waals surface area (Å²) in [5.41, 5.74) is 5.29. The van der Waals surface area contributed by atoms with Crippen LogP contribution < -0.4 is 5.43 Å². The minimum absolute atomic E-state index is 0.0151. The maximum absolute atomic E-state index is 11.7. The van der Waals surface area contributed by atoms with E-state index in [1.807, 2.05) is 45.0 Å². The van der Waals surface area contributed by atoms with Crippen LogP contribution in [0.15, 0.2) is 29.4 Å². The van der Waals surface area contributed by atoms with E-state index in [9.17, 15) is 4.79 Å². The minimum Gasteiger partial charge on any atom is -0.461 e. The van der Waals surface area contributed by atoms with Gasteiger partial charge in [0, 0.05) is 5.92 Å². The molecule has 0 aliphatic heterocycles. The van der Waals surface area contributed by atoms with Gasteiger partial charge in [-0.1, -0.05) is 26.0 Å². The minimum atomic E-state index is -0.368. The van der Waals surface area contributed by atoms with Gasteiger partial charge in [-0.05, 0) is 31.5 Å². The summed E-state index contributed by atoms with van der Waals surface area (Å²) in [4.78, 5) is 11.7. The smallest absolute Gasteiger partial charge is 0.354 e. The van der Waals surface area contributed by atoms with Crippen LogP contribution in [-0.4, -0.2) is 18.3 Å². The Kier molecular flexibility index (Phi) is 5.36. The maximum atomic E-state index is 11.7. The fourth-order valence-corrected chi connectivity index (χ4v) is 1.45. The normalized spacial score (nSPS) is 11.5. The number of carbonyl (C=O) groups excluding carboxylic acids is 1. The second-order valence-electron chi connectivity index (χ2n) is 4.35.